The number of aromatic nitrogens is 1. The number of anilines is 1. The van der Waals surface area contributed by atoms with Gasteiger partial charge in [0.15, 0.2) is 0 Å². The zero-order valence-corrected chi connectivity index (χ0v) is 14.4. The second kappa shape index (κ2) is 6.10. The van der Waals surface area contributed by atoms with Crippen molar-refractivity contribution < 1.29 is 9.59 Å². The first kappa shape index (κ1) is 16.0. The lowest BCUT2D eigenvalue weighted by Crippen LogP contribution is -2.32. The number of fused-ring (bicyclic) bond motifs is 1. The van der Waals surface area contributed by atoms with E-state index < -0.39 is 12.1 Å². The molecule has 1 aliphatic rings. The van der Waals surface area contributed by atoms with E-state index >= 15 is 0 Å². The fraction of sp³-hybridized carbons (Fsp3) is 0.111. The van der Waals surface area contributed by atoms with Crippen molar-refractivity contribution in [2.45, 2.75) is 12.5 Å². The number of halogens is 2. The largest absolute Gasteiger partial charge is 0.361 e. The molecule has 1 aromatic heterocycles. The molecule has 1 fully saturated rings. The third-order valence-electron chi connectivity index (χ3n) is 4.28. The van der Waals surface area contributed by atoms with Crippen LogP contribution < -0.4 is 10.2 Å². The Labute approximate surface area is 153 Å². The molecule has 0 unspecified atom stereocenters. The van der Waals surface area contributed by atoms with Gasteiger partial charge in [0.2, 0.25) is 0 Å². The van der Waals surface area contributed by atoms with Crippen molar-refractivity contribution in [2.75, 3.05) is 4.90 Å². The number of hydrogen-bond acceptors (Lipinski definition) is 2. The third-order valence-corrected chi connectivity index (χ3v) is 5.02. The average molecular weight is 374 g/mol. The molecule has 0 radical (unpaired) electrons. The van der Waals surface area contributed by atoms with Gasteiger partial charge in [-0.1, -0.05) is 41.4 Å². The molecule has 2 aromatic carbocycles. The van der Waals surface area contributed by atoms with Crippen LogP contribution in [0.4, 0.5) is 10.5 Å². The molecule has 1 saturated heterocycles. The van der Waals surface area contributed by atoms with Crippen LogP contribution in [0.2, 0.25) is 10.0 Å². The Morgan fingerprint density at radius 3 is 2.64 bits per heavy atom. The number of rotatable bonds is 3. The number of H-pyrrole nitrogens is 1. The topological polar surface area (TPSA) is 65.2 Å². The predicted octanol–water partition coefficient (Wildman–Crippen LogP) is 4.14. The number of carbonyl (C=O) groups excluding carboxylic acids is 2. The van der Waals surface area contributed by atoms with Gasteiger partial charge in [-0.25, -0.2) is 9.69 Å². The lowest BCUT2D eigenvalue weighted by Gasteiger charge is -2.13. The van der Waals surface area contributed by atoms with Gasteiger partial charge in [0.1, 0.15) is 6.04 Å². The highest BCUT2D eigenvalue weighted by Gasteiger charge is 2.39. The van der Waals surface area contributed by atoms with Crippen LogP contribution >= 0.6 is 23.2 Å². The van der Waals surface area contributed by atoms with Gasteiger partial charge in [0.05, 0.1) is 15.7 Å². The van der Waals surface area contributed by atoms with Gasteiger partial charge < -0.3 is 10.3 Å². The standard InChI is InChI=1S/C18H13Cl2N3O2/c19-13-6-5-11(8-14(13)20)23-17(24)16(22-18(23)25)7-10-9-21-15-4-2-1-3-12(10)15/h1-6,8-9,16,21H,7H2,(H,22,25)/t16-/m1/s1. The minimum absolute atomic E-state index is 0.292. The van der Waals surface area contributed by atoms with Crippen molar-refractivity contribution in [3.05, 3.63) is 64.3 Å². The highest BCUT2D eigenvalue weighted by Crippen LogP contribution is 2.29. The molecular weight excluding hydrogens is 361 g/mol. The second-order valence-electron chi connectivity index (χ2n) is 5.84. The Balaban J connectivity index is 1.61. The molecule has 1 aliphatic heterocycles. The highest BCUT2D eigenvalue weighted by molar-refractivity contribution is 6.42. The van der Waals surface area contributed by atoms with Gasteiger partial charge in [-0.05, 0) is 29.8 Å². The van der Waals surface area contributed by atoms with Crippen molar-refractivity contribution in [2.24, 2.45) is 0 Å². The molecule has 3 amide bonds. The summed E-state index contributed by atoms with van der Waals surface area (Å²) in [6.45, 7) is 0. The molecule has 2 heterocycles. The van der Waals surface area contributed by atoms with E-state index in [0.717, 1.165) is 21.4 Å². The molecule has 0 aliphatic carbocycles. The summed E-state index contributed by atoms with van der Waals surface area (Å²) >= 11 is 11.9. The Morgan fingerprint density at radius 1 is 1.04 bits per heavy atom. The maximum absolute atomic E-state index is 12.7. The molecule has 0 spiro atoms. The summed E-state index contributed by atoms with van der Waals surface area (Å²) in [7, 11) is 0. The predicted molar refractivity (Wildman–Crippen MR) is 98.3 cm³/mol. The summed E-state index contributed by atoms with van der Waals surface area (Å²) in [6, 6.07) is 11.4. The molecule has 3 aromatic rings. The summed E-state index contributed by atoms with van der Waals surface area (Å²) in [5.74, 6) is -0.311. The number of imide groups is 1. The van der Waals surface area contributed by atoms with Crippen LogP contribution in [-0.2, 0) is 11.2 Å². The monoisotopic (exact) mass is 373 g/mol. The molecule has 0 bridgehead atoms. The van der Waals surface area contributed by atoms with Crippen LogP contribution in [0.5, 0.6) is 0 Å². The number of nitrogens with one attached hydrogen (secondary N) is 2. The van der Waals surface area contributed by atoms with Gasteiger partial charge in [-0.2, -0.15) is 0 Å². The molecule has 4 rings (SSSR count). The van der Waals surface area contributed by atoms with E-state index in [0.29, 0.717) is 22.2 Å². The molecule has 1 atom stereocenters. The first-order valence-electron chi connectivity index (χ1n) is 7.69. The molecule has 25 heavy (non-hydrogen) atoms. The van der Waals surface area contributed by atoms with Crippen LogP contribution in [0.1, 0.15) is 5.56 Å². The summed E-state index contributed by atoms with van der Waals surface area (Å²) in [6.07, 6.45) is 2.28. The minimum atomic E-state index is -0.624. The number of aromatic amines is 1. The number of nitrogens with zero attached hydrogens (tertiary/aromatic N) is 1. The summed E-state index contributed by atoms with van der Waals surface area (Å²) in [5, 5.41) is 4.44. The molecule has 7 heteroatoms. The Hall–Kier alpha value is -2.50. The van der Waals surface area contributed by atoms with E-state index in [4.69, 9.17) is 23.2 Å². The number of benzene rings is 2. The maximum atomic E-state index is 12.7. The number of para-hydroxylation sites is 1. The van der Waals surface area contributed by atoms with E-state index in [1.165, 1.54) is 6.07 Å². The Bertz CT molecular complexity index is 999. The normalized spacial score (nSPS) is 17.4. The summed E-state index contributed by atoms with van der Waals surface area (Å²) < 4.78 is 0. The number of carbonyl (C=O) groups is 2. The first-order valence-corrected chi connectivity index (χ1v) is 8.44. The molecule has 0 saturated carbocycles. The lowest BCUT2D eigenvalue weighted by atomic mass is 10.0. The van der Waals surface area contributed by atoms with Crippen LogP contribution in [0, 0.1) is 0 Å². The lowest BCUT2D eigenvalue weighted by molar-refractivity contribution is -0.118. The summed E-state index contributed by atoms with van der Waals surface area (Å²) in [5.41, 5.74) is 2.37. The average Bonchev–Trinajstić information content (AvgIpc) is 3.12. The van der Waals surface area contributed by atoms with Crippen LogP contribution in [0.15, 0.2) is 48.7 Å². The minimum Gasteiger partial charge on any atom is -0.361 e. The maximum Gasteiger partial charge on any atom is 0.329 e. The zero-order chi connectivity index (χ0) is 17.6. The zero-order valence-electron chi connectivity index (χ0n) is 12.9. The van der Waals surface area contributed by atoms with Gasteiger partial charge in [-0.15, -0.1) is 0 Å². The second-order valence-corrected chi connectivity index (χ2v) is 6.65. The quantitative estimate of drug-likeness (QED) is 0.677. The van der Waals surface area contributed by atoms with Crippen molar-refractivity contribution in [3.8, 4) is 0 Å². The number of hydrogen-bond donors (Lipinski definition) is 2. The number of urea groups is 1. The SMILES string of the molecule is O=C1N[C@H](Cc2c[nH]c3ccccc23)C(=O)N1c1ccc(Cl)c(Cl)c1. The highest BCUT2D eigenvalue weighted by atomic mass is 35.5. The summed E-state index contributed by atoms with van der Waals surface area (Å²) in [4.78, 5) is 29.3. The molecule has 126 valence electrons. The fourth-order valence-electron chi connectivity index (χ4n) is 3.06. The molecular formula is C18H13Cl2N3O2. The van der Waals surface area contributed by atoms with E-state index in [1.54, 1.807) is 12.1 Å². The van der Waals surface area contributed by atoms with Crippen molar-refractivity contribution >= 4 is 51.7 Å². The number of amides is 3. The molecule has 5 nitrogen and oxygen atoms in total. The van der Waals surface area contributed by atoms with E-state index in [1.807, 2.05) is 30.5 Å². The van der Waals surface area contributed by atoms with Gasteiger partial charge >= 0.3 is 6.03 Å². The van der Waals surface area contributed by atoms with Crippen molar-refractivity contribution in [1.82, 2.24) is 10.3 Å². The van der Waals surface area contributed by atoms with Gasteiger partial charge in [-0.3, -0.25) is 4.79 Å². The van der Waals surface area contributed by atoms with Gasteiger partial charge in [0, 0.05) is 23.5 Å². The Kier molecular flexibility index (Phi) is 3.90. The van der Waals surface area contributed by atoms with E-state index in [9.17, 15) is 9.59 Å². The van der Waals surface area contributed by atoms with Crippen LogP contribution in [0.3, 0.4) is 0 Å². The van der Waals surface area contributed by atoms with Crippen molar-refractivity contribution in [1.29, 1.82) is 0 Å². The first-order chi connectivity index (χ1) is 12.0. The van der Waals surface area contributed by atoms with Crippen LogP contribution in [0.25, 0.3) is 10.9 Å². The fourth-order valence-corrected chi connectivity index (χ4v) is 3.35. The Morgan fingerprint density at radius 2 is 1.84 bits per heavy atom. The third kappa shape index (κ3) is 2.75. The van der Waals surface area contributed by atoms with Gasteiger partial charge in [0.25, 0.3) is 5.91 Å². The van der Waals surface area contributed by atoms with Crippen LogP contribution in [-0.4, -0.2) is 23.0 Å². The smallest absolute Gasteiger partial charge is 0.329 e. The molecule has 2 N–H and O–H groups in total. The van der Waals surface area contributed by atoms with Crippen molar-refractivity contribution in [3.63, 3.8) is 0 Å². The van der Waals surface area contributed by atoms with E-state index in [-0.39, 0.29) is 5.91 Å². The van der Waals surface area contributed by atoms with E-state index in [2.05, 4.69) is 10.3 Å².